The van der Waals surface area contributed by atoms with Crippen LogP contribution in [0.1, 0.15) is 0 Å². The normalized spacial score (nSPS) is 10.1. The molecule has 0 amide bonds. The number of nitrogen functional groups attached to an aromatic ring is 1. The van der Waals surface area contributed by atoms with Crippen molar-refractivity contribution in [1.29, 1.82) is 0 Å². The van der Waals surface area contributed by atoms with Crippen molar-refractivity contribution in [3.63, 3.8) is 0 Å². The maximum Gasteiger partial charge on any atom is 0.215 e. The minimum Gasteiger partial charge on any atom is -0.481 e. The van der Waals surface area contributed by atoms with Gasteiger partial charge in [-0.05, 0) is 6.07 Å². The molecule has 6 nitrogen and oxygen atoms in total. The van der Waals surface area contributed by atoms with Gasteiger partial charge in [0.2, 0.25) is 5.88 Å². The van der Waals surface area contributed by atoms with Gasteiger partial charge in [-0.1, -0.05) is 0 Å². The van der Waals surface area contributed by atoms with Gasteiger partial charge in [0.05, 0.1) is 12.8 Å². The van der Waals surface area contributed by atoms with Gasteiger partial charge in [-0.15, -0.1) is 0 Å². The second kappa shape index (κ2) is 3.33. The average molecular weight is 191 g/mol. The van der Waals surface area contributed by atoms with Crippen LogP contribution >= 0.6 is 0 Å². The Kier molecular flexibility index (Phi) is 2.02. The average Bonchev–Trinajstić information content (AvgIpc) is 2.71. The molecule has 0 unspecified atom stereocenters. The van der Waals surface area contributed by atoms with Crippen LogP contribution in [0.4, 0.5) is 5.69 Å². The molecule has 0 saturated carbocycles. The van der Waals surface area contributed by atoms with Crippen molar-refractivity contribution in [2.75, 3.05) is 12.8 Å². The molecule has 2 heterocycles. The fourth-order valence-corrected chi connectivity index (χ4v) is 1.06. The van der Waals surface area contributed by atoms with Crippen LogP contribution in [0.2, 0.25) is 0 Å². The molecule has 2 aromatic heterocycles. The summed E-state index contributed by atoms with van der Waals surface area (Å²) < 4.78 is 6.46. The van der Waals surface area contributed by atoms with Gasteiger partial charge in [0, 0.05) is 6.07 Å². The summed E-state index contributed by atoms with van der Waals surface area (Å²) in [7, 11) is 1.55. The summed E-state index contributed by atoms with van der Waals surface area (Å²) in [6, 6.07) is 3.40. The van der Waals surface area contributed by atoms with E-state index in [9.17, 15) is 0 Å². The topological polar surface area (TPSA) is 78.9 Å². The number of anilines is 1. The van der Waals surface area contributed by atoms with E-state index in [-0.39, 0.29) is 0 Å². The summed E-state index contributed by atoms with van der Waals surface area (Å²) in [5.74, 6) is 1.01. The number of nitrogens with two attached hydrogens (primary N) is 1. The van der Waals surface area contributed by atoms with E-state index in [1.54, 1.807) is 19.2 Å². The van der Waals surface area contributed by atoms with Crippen LogP contribution in [-0.4, -0.2) is 26.9 Å². The molecule has 2 N–H and O–H groups in total. The van der Waals surface area contributed by atoms with Gasteiger partial charge in [-0.25, -0.2) is 9.67 Å². The molecule has 0 aliphatic carbocycles. The van der Waals surface area contributed by atoms with E-state index in [0.29, 0.717) is 17.4 Å². The monoisotopic (exact) mass is 191 g/mol. The van der Waals surface area contributed by atoms with E-state index in [0.717, 1.165) is 0 Å². The molecule has 2 aromatic rings. The van der Waals surface area contributed by atoms with Crippen molar-refractivity contribution in [2.24, 2.45) is 0 Å². The Morgan fingerprint density at radius 2 is 2.29 bits per heavy atom. The lowest BCUT2D eigenvalue weighted by atomic mass is 10.4. The molecule has 0 aliphatic rings. The van der Waals surface area contributed by atoms with E-state index >= 15 is 0 Å². The van der Waals surface area contributed by atoms with Crippen molar-refractivity contribution < 1.29 is 4.74 Å². The largest absolute Gasteiger partial charge is 0.481 e. The number of rotatable bonds is 2. The second-order valence-corrected chi connectivity index (χ2v) is 2.61. The zero-order valence-corrected chi connectivity index (χ0v) is 7.58. The van der Waals surface area contributed by atoms with Crippen molar-refractivity contribution in [1.82, 2.24) is 19.7 Å². The van der Waals surface area contributed by atoms with E-state index in [1.165, 1.54) is 17.3 Å². The van der Waals surface area contributed by atoms with Gasteiger partial charge in [0.1, 0.15) is 12.7 Å². The number of pyridine rings is 1. The van der Waals surface area contributed by atoms with Gasteiger partial charge in [-0.2, -0.15) is 10.1 Å². The van der Waals surface area contributed by atoms with E-state index in [4.69, 9.17) is 10.5 Å². The van der Waals surface area contributed by atoms with Crippen LogP contribution in [0, 0.1) is 0 Å². The molecule has 0 fully saturated rings. The highest BCUT2D eigenvalue weighted by Crippen LogP contribution is 2.17. The first-order valence-corrected chi connectivity index (χ1v) is 3.97. The molecule has 14 heavy (non-hydrogen) atoms. The number of ether oxygens (including phenoxy) is 1. The Hall–Kier alpha value is -2.11. The van der Waals surface area contributed by atoms with E-state index in [2.05, 4.69) is 15.1 Å². The molecule has 0 atom stereocenters. The highest BCUT2D eigenvalue weighted by Gasteiger charge is 2.05. The first-order chi connectivity index (χ1) is 6.81. The minimum atomic E-state index is 0.490. The third-order valence-electron chi connectivity index (χ3n) is 1.72. The van der Waals surface area contributed by atoms with Gasteiger partial charge >= 0.3 is 0 Å². The summed E-state index contributed by atoms with van der Waals surface area (Å²) in [6.45, 7) is 0. The van der Waals surface area contributed by atoms with Crippen LogP contribution in [0.15, 0.2) is 24.8 Å². The maximum atomic E-state index is 5.73. The predicted octanol–water partition coefficient (Wildman–Crippen LogP) is 0.253. The van der Waals surface area contributed by atoms with Crippen LogP contribution in [0.3, 0.4) is 0 Å². The molecule has 0 radical (unpaired) electrons. The number of aromatic nitrogens is 4. The van der Waals surface area contributed by atoms with Gasteiger partial charge in [0.25, 0.3) is 0 Å². The van der Waals surface area contributed by atoms with Gasteiger partial charge in [0.15, 0.2) is 5.82 Å². The highest BCUT2D eigenvalue weighted by molar-refractivity contribution is 5.53. The van der Waals surface area contributed by atoms with Crippen LogP contribution in [-0.2, 0) is 0 Å². The molecular formula is C8H9N5O. The molecule has 0 bridgehead atoms. The fourth-order valence-electron chi connectivity index (χ4n) is 1.06. The quantitative estimate of drug-likeness (QED) is 0.736. The van der Waals surface area contributed by atoms with Crippen LogP contribution in [0.25, 0.3) is 5.82 Å². The molecule has 2 rings (SSSR count). The number of hydrogen-bond donors (Lipinski definition) is 1. The second-order valence-electron chi connectivity index (χ2n) is 2.61. The third-order valence-corrected chi connectivity index (χ3v) is 1.72. The molecular weight excluding hydrogens is 182 g/mol. The van der Waals surface area contributed by atoms with Gasteiger partial charge in [-0.3, -0.25) is 0 Å². The lowest BCUT2D eigenvalue weighted by Gasteiger charge is -2.05. The van der Waals surface area contributed by atoms with Crippen molar-refractivity contribution in [3.05, 3.63) is 24.8 Å². The molecule has 0 spiro atoms. The van der Waals surface area contributed by atoms with Crippen molar-refractivity contribution in [3.8, 4) is 11.7 Å². The molecule has 6 heteroatoms. The first kappa shape index (κ1) is 8.49. The Bertz CT molecular complexity index is 425. The number of methoxy groups -OCH3 is 1. The lowest BCUT2D eigenvalue weighted by molar-refractivity contribution is 0.397. The van der Waals surface area contributed by atoms with Crippen LogP contribution < -0.4 is 10.5 Å². The Labute approximate surface area is 80.4 Å². The summed E-state index contributed by atoms with van der Waals surface area (Å²) >= 11 is 0. The van der Waals surface area contributed by atoms with Crippen molar-refractivity contribution in [2.45, 2.75) is 0 Å². The van der Waals surface area contributed by atoms with Crippen LogP contribution in [0.5, 0.6) is 5.88 Å². The standard InChI is InChI=1S/C8H9N5O/c1-14-7-3-2-6(9)8(12-7)13-5-10-4-11-13/h2-5H,9H2,1H3. The van der Waals surface area contributed by atoms with Gasteiger partial charge < -0.3 is 10.5 Å². The molecule has 0 saturated heterocycles. The number of nitrogens with zero attached hydrogens (tertiary/aromatic N) is 4. The Morgan fingerprint density at radius 3 is 2.93 bits per heavy atom. The summed E-state index contributed by atoms with van der Waals surface area (Å²) in [4.78, 5) is 7.96. The Morgan fingerprint density at radius 1 is 1.43 bits per heavy atom. The smallest absolute Gasteiger partial charge is 0.215 e. The SMILES string of the molecule is COc1ccc(N)c(-n2cncn2)n1. The summed E-state index contributed by atoms with van der Waals surface area (Å²) in [5, 5.41) is 3.93. The third kappa shape index (κ3) is 1.37. The maximum absolute atomic E-state index is 5.73. The van der Waals surface area contributed by atoms with Crippen molar-refractivity contribution >= 4 is 5.69 Å². The van der Waals surface area contributed by atoms with E-state index < -0.39 is 0 Å². The molecule has 72 valence electrons. The Balaban J connectivity index is 2.51. The first-order valence-electron chi connectivity index (χ1n) is 3.97. The molecule has 0 aliphatic heterocycles. The summed E-state index contributed by atoms with van der Waals surface area (Å²) in [5.41, 5.74) is 6.25. The van der Waals surface area contributed by atoms with E-state index in [1.807, 2.05) is 0 Å². The minimum absolute atomic E-state index is 0.490. The summed E-state index contributed by atoms with van der Waals surface area (Å²) in [6.07, 6.45) is 2.94. The lowest BCUT2D eigenvalue weighted by Crippen LogP contribution is -2.04. The number of hydrogen-bond acceptors (Lipinski definition) is 5. The highest BCUT2D eigenvalue weighted by atomic mass is 16.5. The zero-order valence-electron chi connectivity index (χ0n) is 7.58. The fraction of sp³-hybridized carbons (Fsp3) is 0.125. The zero-order chi connectivity index (χ0) is 9.97. The molecule has 0 aromatic carbocycles. The predicted molar refractivity (Wildman–Crippen MR) is 50.1 cm³/mol.